The Morgan fingerprint density at radius 2 is 1.85 bits per heavy atom. The van der Waals surface area contributed by atoms with Gasteiger partial charge in [0, 0.05) is 11.8 Å². The van der Waals surface area contributed by atoms with Crippen LogP contribution in [0.15, 0.2) is 42.7 Å². The fraction of sp³-hybridized carbons (Fsp3) is 0.200. The molecule has 5 heteroatoms. The summed E-state index contributed by atoms with van der Waals surface area (Å²) in [7, 11) is 1.62. The Kier molecular flexibility index (Phi) is 4.55. The van der Waals surface area contributed by atoms with E-state index in [1.165, 1.54) is 6.20 Å². The first-order chi connectivity index (χ1) is 9.72. The third kappa shape index (κ3) is 3.47. The Bertz CT molecular complexity index is 581. The Morgan fingerprint density at radius 1 is 1.10 bits per heavy atom. The zero-order valence-electron chi connectivity index (χ0n) is 11.3. The molecule has 1 aromatic heterocycles. The van der Waals surface area contributed by atoms with Crippen LogP contribution in [0.2, 0.25) is 0 Å². The highest BCUT2D eigenvalue weighted by Crippen LogP contribution is 2.24. The Hall–Kier alpha value is -2.56. The van der Waals surface area contributed by atoms with E-state index >= 15 is 0 Å². The number of pyridine rings is 1. The number of methoxy groups -OCH3 is 1. The number of ether oxygens (including phenoxy) is 3. The number of rotatable bonds is 4. The molecule has 0 aliphatic carbocycles. The summed E-state index contributed by atoms with van der Waals surface area (Å²) in [6, 6.07) is 9.25. The number of nitrogens with zero attached hydrogens (tertiary/aromatic N) is 1. The fourth-order valence-corrected chi connectivity index (χ4v) is 1.66. The minimum atomic E-state index is -0.735. The van der Waals surface area contributed by atoms with Gasteiger partial charge in [-0.3, -0.25) is 4.98 Å². The largest absolute Gasteiger partial charge is 0.513 e. The maximum atomic E-state index is 11.3. The highest BCUT2D eigenvalue weighted by Gasteiger charge is 2.07. The summed E-state index contributed by atoms with van der Waals surface area (Å²) in [6.07, 6.45) is 2.42. The highest BCUT2D eigenvalue weighted by atomic mass is 16.7. The van der Waals surface area contributed by atoms with Crippen LogP contribution in [0.25, 0.3) is 11.1 Å². The molecule has 1 aromatic carbocycles. The predicted octanol–water partition coefficient (Wildman–Crippen LogP) is 3.29. The SMILES string of the molecule is CCOC(=O)Oc1cncc(-c2ccc(OC)cc2)c1. The van der Waals surface area contributed by atoms with Crippen molar-refractivity contribution in [3.8, 4) is 22.6 Å². The van der Waals surface area contributed by atoms with Gasteiger partial charge in [-0.25, -0.2) is 4.79 Å². The van der Waals surface area contributed by atoms with E-state index in [0.29, 0.717) is 5.75 Å². The van der Waals surface area contributed by atoms with Crippen LogP contribution in [0.3, 0.4) is 0 Å². The van der Waals surface area contributed by atoms with Crippen LogP contribution in [-0.4, -0.2) is 24.9 Å². The molecule has 104 valence electrons. The maximum absolute atomic E-state index is 11.3. The Labute approximate surface area is 117 Å². The predicted molar refractivity (Wildman–Crippen MR) is 73.9 cm³/mol. The molecule has 1 heterocycles. The van der Waals surface area contributed by atoms with E-state index in [2.05, 4.69) is 4.98 Å². The molecule has 0 saturated heterocycles. The lowest BCUT2D eigenvalue weighted by atomic mass is 10.1. The molecule has 0 saturated carbocycles. The quantitative estimate of drug-likeness (QED) is 0.800. The van der Waals surface area contributed by atoms with Gasteiger partial charge in [-0.2, -0.15) is 0 Å². The van der Waals surface area contributed by atoms with Crippen molar-refractivity contribution in [2.75, 3.05) is 13.7 Å². The van der Waals surface area contributed by atoms with Crippen LogP contribution in [0, 0.1) is 0 Å². The minimum absolute atomic E-state index is 0.268. The molecule has 5 nitrogen and oxygen atoms in total. The molecule has 0 amide bonds. The van der Waals surface area contributed by atoms with Crippen LogP contribution < -0.4 is 9.47 Å². The standard InChI is InChI=1S/C15H15NO4/c1-3-19-15(17)20-14-8-12(9-16-10-14)11-4-6-13(18-2)7-5-11/h4-10H,3H2,1-2H3. The minimum Gasteiger partial charge on any atom is -0.497 e. The summed E-state index contributed by atoms with van der Waals surface area (Å²) in [5, 5.41) is 0. The molecule has 0 radical (unpaired) electrons. The number of carbonyl (C=O) groups is 1. The van der Waals surface area contributed by atoms with Gasteiger partial charge in [-0.15, -0.1) is 0 Å². The van der Waals surface area contributed by atoms with Crippen LogP contribution >= 0.6 is 0 Å². The molecule has 0 fully saturated rings. The molecule has 0 aliphatic heterocycles. The topological polar surface area (TPSA) is 57.7 Å². The van der Waals surface area contributed by atoms with Crippen LogP contribution in [0.4, 0.5) is 4.79 Å². The zero-order valence-corrected chi connectivity index (χ0v) is 11.3. The van der Waals surface area contributed by atoms with Crippen molar-refractivity contribution in [1.82, 2.24) is 4.98 Å². The number of benzene rings is 1. The fourth-order valence-electron chi connectivity index (χ4n) is 1.66. The van der Waals surface area contributed by atoms with Gasteiger partial charge in [-0.05, 0) is 30.7 Å². The third-order valence-electron chi connectivity index (χ3n) is 2.60. The third-order valence-corrected chi connectivity index (χ3v) is 2.60. The Balaban J connectivity index is 2.18. The van der Waals surface area contributed by atoms with Gasteiger partial charge in [0.1, 0.15) is 5.75 Å². The smallest absolute Gasteiger partial charge is 0.497 e. The van der Waals surface area contributed by atoms with Crippen molar-refractivity contribution < 1.29 is 19.0 Å². The van der Waals surface area contributed by atoms with Crippen LogP contribution in [0.5, 0.6) is 11.5 Å². The lowest BCUT2D eigenvalue weighted by Gasteiger charge is -2.06. The summed E-state index contributed by atoms with van der Waals surface area (Å²) in [5.41, 5.74) is 1.79. The molecule has 0 unspecified atom stereocenters. The maximum Gasteiger partial charge on any atom is 0.513 e. The van der Waals surface area contributed by atoms with Crippen molar-refractivity contribution in [3.63, 3.8) is 0 Å². The number of aromatic nitrogens is 1. The van der Waals surface area contributed by atoms with E-state index in [9.17, 15) is 4.79 Å². The monoisotopic (exact) mass is 273 g/mol. The second-order valence-electron chi connectivity index (χ2n) is 3.92. The molecule has 0 spiro atoms. The van der Waals surface area contributed by atoms with Gasteiger partial charge in [0.05, 0.1) is 19.9 Å². The molecule has 0 bridgehead atoms. The normalized spacial score (nSPS) is 9.90. The second kappa shape index (κ2) is 6.56. The van der Waals surface area contributed by atoms with E-state index in [-0.39, 0.29) is 6.61 Å². The molecular formula is C15H15NO4. The summed E-state index contributed by atoms with van der Waals surface area (Å²) < 4.78 is 14.8. The molecule has 2 rings (SSSR count). The van der Waals surface area contributed by atoms with Crippen LogP contribution in [-0.2, 0) is 4.74 Å². The van der Waals surface area contributed by atoms with Crippen molar-refractivity contribution in [3.05, 3.63) is 42.7 Å². The molecular weight excluding hydrogens is 258 g/mol. The summed E-state index contributed by atoms with van der Waals surface area (Å²) in [5.74, 6) is 1.12. The van der Waals surface area contributed by atoms with Crippen molar-refractivity contribution in [2.24, 2.45) is 0 Å². The summed E-state index contributed by atoms with van der Waals surface area (Å²) in [4.78, 5) is 15.3. The average molecular weight is 273 g/mol. The van der Waals surface area contributed by atoms with Gasteiger partial charge >= 0.3 is 6.16 Å². The first-order valence-electron chi connectivity index (χ1n) is 6.17. The van der Waals surface area contributed by atoms with Gasteiger partial charge in [-0.1, -0.05) is 12.1 Å². The molecule has 20 heavy (non-hydrogen) atoms. The van der Waals surface area contributed by atoms with E-state index in [1.54, 1.807) is 26.3 Å². The average Bonchev–Trinajstić information content (AvgIpc) is 2.48. The van der Waals surface area contributed by atoms with E-state index in [0.717, 1.165) is 16.9 Å². The molecule has 0 N–H and O–H groups in total. The molecule has 0 atom stereocenters. The van der Waals surface area contributed by atoms with E-state index in [1.807, 2.05) is 24.3 Å². The zero-order chi connectivity index (χ0) is 14.4. The van der Waals surface area contributed by atoms with Crippen molar-refractivity contribution >= 4 is 6.16 Å². The van der Waals surface area contributed by atoms with Gasteiger partial charge in [0.25, 0.3) is 0 Å². The van der Waals surface area contributed by atoms with Gasteiger partial charge < -0.3 is 14.2 Å². The van der Waals surface area contributed by atoms with Gasteiger partial charge in [0.15, 0.2) is 5.75 Å². The Morgan fingerprint density at radius 3 is 2.50 bits per heavy atom. The highest BCUT2D eigenvalue weighted by molar-refractivity contribution is 5.67. The number of hydrogen-bond acceptors (Lipinski definition) is 5. The number of hydrogen-bond donors (Lipinski definition) is 0. The summed E-state index contributed by atoms with van der Waals surface area (Å²) in [6.45, 7) is 1.98. The first-order valence-corrected chi connectivity index (χ1v) is 6.17. The van der Waals surface area contributed by atoms with E-state index < -0.39 is 6.16 Å². The van der Waals surface area contributed by atoms with Gasteiger partial charge in [0.2, 0.25) is 0 Å². The summed E-state index contributed by atoms with van der Waals surface area (Å²) >= 11 is 0. The second-order valence-corrected chi connectivity index (χ2v) is 3.92. The lowest BCUT2D eigenvalue weighted by molar-refractivity contribution is 0.104. The van der Waals surface area contributed by atoms with Crippen LogP contribution in [0.1, 0.15) is 6.92 Å². The van der Waals surface area contributed by atoms with E-state index in [4.69, 9.17) is 14.2 Å². The first kappa shape index (κ1) is 13.9. The lowest BCUT2D eigenvalue weighted by Crippen LogP contribution is -2.10. The molecule has 0 aliphatic rings. The van der Waals surface area contributed by atoms with Crippen molar-refractivity contribution in [1.29, 1.82) is 0 Å². The number of carbonyl (C=O) groups excluding carboxylic acids is 1. The van der Waals surface area contributed by atoms with Crippen molar-refractivity contribution in [2.45, 2.75) is 6.92 Å². The molecule has 2 aromatic rings.